The van der Waals surface area contributed by atoms with E-state index in [1.807, 2.05) is 0 Å². The van der Waals surface area contributed by atoms with E-state index < -0.39 is 5.97 Å². The lowest BCUT2D eigenvalue weighted by atomic mass is 10.1. The van der Waals surface area contributed by atoms with Crippen LogP contribution in [0.2, 0.25) is 0 Å². The molecular formula is C9H6NO2. The van der Waals surface area contributed by atoms with E-state index in [2.05, 4.69) is 11.1 Å². The molecule has 0 saturated heterocycles. The van der Waals surface area contributed by atoms with Crippen molar-refractivity contribution in [2.45, 2.75) is 0 Å². The predicted molar refractivity (Wildman–Crippen MR) is 44.1 cm³/mol. The molecule has 0 bridgehead atoms. The second-order valence-corrected chi connectivity index (χ2v) is 2.48. The summed E-state index contributed by atoms with van der Waals surface area (Å²) < 4.78 is 0. The van der Waals surface area contributed by atoms with Gasteiger partial charge in [-0.1, -0.05) is 0 Å². The molecule has 0 saturated carbocycles. The topological polar surface area (TPSA) is 53.1 Å². The van der Waals surface area contributed by atoms with Crippen LogP contribution < -0.4 is 0 Å². The Morgan fingerprint density at radius 3 is 3.08 bits per heavy atom. The molecule has 0 aliphatic carbocycles. The number of aromatic amines is 1. The minimum Gasteiger partial charge on any atom is -0.478 e. The third-order valence-corrected chi connectivity index (χ3v) is 1.75. The van der Waals surface area contributed by atoms with Crippen molar-refractivity contribution in [3.63, 3.8) is 0 Å². The summed E-state index contributed by atoms with van der Waals surface area (Å²) in [6.45, 7) is 0. The van der Waals surface area contributed by atoms with E-state index in [0.29, 0.717) is 0 Å². The summed E-state index contributed by atoms with van der Waals surface area (Å²) in [6, 6.07) is 7.70. The quantitative estimate of drug-likeness (QED) is 0.666. The highest BCUT2D eigenvalue weighted by Crippen LogP contribution is 2.16. The Bertz CT molecular complexity index is 431. The summed E-state index contributed by atoms with van der Waals surface area (Å²) in [7, 11) is 0. The van der Waals surface area contributed by atoms with Crippen LogP contribution in [0.3, 0.4) is 0 Å². The van der Waals surface area contributed by atoms with Gasteiger partial charge in [-0.3, -0.25) is 0 Å². The average molecular weight is 160 g/mol. The minimum atomic E-state index is -0.920. The second-order valence-electron chi connectivity index (χ2n) is 2.48. The molecule has 0 aliphatic rings. The van der Waals surface area contributed by atoms with Gasteiger partial charge in [0.2, 0.25) is 0 Å². The van der Waals surface area contributed by atoms with Gasteiger partial charge in [-0.25, -0.2) is 4.79 Å². The molecule has 0 unspecified atom stereocenters. The number of H-pyrrole nitrogens is 1. The fraction of sp³-hybridized carbons (Fsp3) is 0. The molecule has 2 aromatic rings. The number of aromatic carboxylic acids is 1. The molecule has 0 fully saturated rings. The van der Waals surface area contributed by atoms with Crippen molar-refractivity contribution in [1.29, 1.82) is 0 Å². The van der Waals surface area contributed by atoms with E-state index in [4.69, 9.17) is 5.11 Å². The smallest absolute Gasteiger partial charge is 0.336 e. The summed E-state index contributed by atoms with van der Waals surface area (Å²) >= 11 is 0. The number of rotatable bonds is 1. The molecule has 59 valence electrons. The Balaban J connectivity index is 2.82. The molecule has 1 radical (unpaired) electrons. The van der Waals surface area contributed by atoms with Crippen molar-refractivity contribution in [2.24, 2.45) is 0 Å². The Labute approximate surface area is 68.6 Å². The number of carboxylic acids is 1. The van der Waals surface area contributed by atoms with E-state index in [1.165, 1.54) is 6.07 Å². The van der Waals surface area contributed by atoms with Crippen LogP contribution in [0, 0.1) is 6.07 Å². The average Bonchev–Trinajstić information content (AvgIpc) is 2.49. The molecule has 2 N–H and O–H groups in total. The number of fused-ring (bicyclic) bond motifs is 1. The van der Waals surface area contributed by atoms with Crippen molar-refractivity contribution in [2.75, 3.05) is 0 Å². The summed E-state index contributed by atoms with van der Waals surface area (Å²) in [5.74, 6) is -0.920. The van der Waals surface area contributed by atoms with Crippen molar-refractivity contribution in [1.82, 2.24) is 4.98 Å². The third kappa shape index (κ3) is 0.871. The van der Waals surface area contributed by atoms with Crippen molar-refractivity contribution >= 4 is 16.9 Å². The Morgan fingerprint density at radius 2 is 2.33 bits per heavy atom. The highest BCUT2D eigenvalue weighted by molar-refractivity contribution is 6.02. The van der Waals surface area contributed by atoms with E-state index in [-0.39, 0.29) is 5.56 Å². The Hall–Kier alpha value is -1.77. The van der Waals surface area contributed by atoms with Gasteiger partial charge in [0, 0.05) is 17.1 Å². The lowest BCUT2D eigenvalue weighted by Crippen LogP contribution is -1.95. The molecule has 0 amide bonds. The molecular weight excluding hydrogens is 154 g/mol. The molecule has 1 aromatic carbocycles. The highest BCUT2D eigenvalue weighted by atomic mass is 16.4. The number of hydrogen-bond acceptors (Lipinski definition) is 1. The summed E-state index contributed by atoms with van der Waals surface area (Å²) in [5.41, 5.74) is 1.09. The van der Waals surface area contributed by atoms with Crippen LogP contribution in [0.1, 0.15) is 10.4 Å². The predicted octanol–water partition coefficient (Wildman–Crippen LogP) is 1.67. The maximum atomic E-state index is 10.7. The van der Waals surface area contributed by atoms with Gasteiger partial charge >= 0.3 is 5.97 Å². The summed E-state index contributed by atoms with van der Waals surface area (Å²) in [6.07, 6.45) is 1.71. The van der Waals surface area contributed by atoms with Gasteiger partial charge in [0.05, 0.1) is 5.56 Å². The van der Waals surface area contributed by atoms with Gasteiger partial charge in [-0.15, -0.1) is 0 Å². The first-order valence-corrected chi connectivity index (χ1v) is 3.49. The molecule has 12 heavy (non-hydrogen) atoms. The van der Waals surface area contributed by atoms with Crippen LogP contribution in [-0.4, -0.2) is 16.1 Å². The van der Waals surface area contributed by atoms with E-state index in [0.717, 1.165) is 10.9 Å². The molecule has 0 spiro atoms. The van der Waals surface area contributed by atoms with Crippen molar-refractivity contribution in [3.8, 4) is 0 Å². The number of benzene rings is 1. The fourth-order valence-corrected chi connectivity index (χ4v) is 1.20. The Kier molecular flexibility index (Phi) is 1.37. The first kappa shape index (κ1) is 6.91. The van der Waals surface area contributed by atoms with Gasteiger partial charge in [0.25, 0.3) is 0 Å². The zero-order valence-electron chi connectivity index (χ0n) is 6.16. The number of aromatic nitrogens is 1. The van der Waals surface area contributed by atoms with Gasteiger partial charge < -0.3 is 10.1 Å². The van der Waals surface area contributed by atoms with Gasteiger partial charge in [-0.2, -0.15) is 0 Å². The van der Waals surface area contributed by atoms with Crippen LogP contribution in [0.15, 0.2) is 24.4 Å². The minimum absolute atomic E-state index is 0.286. The van der Waals surface area contributed by atoms with E-state index >= 15 is 0 Å². The van der Waals surface area contributed by atoms with Gasteiger partial charge in [0.15, 0.2) is 0 Å². The standard InChI is InChI=1S/C9H6NO2/c11-9(12)7-2-1-3-8-6(7)4-5-10-8/h2-5,10H,(H,11,12). The maximum Gasteiger partial charge on any atom is 0.336 e. The van der Waals surface area contributed by atoms with Crippen LogP contribution in [0.4, 0.5) is 0 Å². The zero-order chi connectivity index (χ0) is 8.55. The van der Waals surface area contributed by atoms with E-state index in [1.54, 1.807) is 18.3 Å². The fourth-order valence-electron chi connectivity index (χ4n) is 1.20. The van der Waals surface area contributed by atoms with Crippen LogP contribution in [-0.2, 0) is 0 Å². The van der Waals surface area contributed by atoms with Crippen LogP contribution >= 0.6 is 0 Å². The number of hydrogen-bond donors (Lipinski definition) is 2. The van der Waals surface area contributed by atoms with Crippen LogP contribution in [0.25, 0.3) is 10.9 Å². The largest absolute Gasteiger partial charge is 0.478 e. The lowest BCUT2D eigenvalue weighted by Gasteiger charge is -1.94. The van der Waals surface area contributed by atoms with Crippen molar-refractivity contribution < 1.29 is 9.90 Å². The number of carboxylic acid groups (broad SMARTS) is 1. The highest BCUT2D eigenvalue weighted by Gasteiger charge is 2.07. The first-order valence-electron chi connectivity index (χ1n) is 3.49. The molecule has 1 aromatic heterocycles. The SMILES string of the molecule is O=C(O)c1c[c]cc2[nH]ccc12. The zero-order valence-corrected chi connectivity index (χ0v) is 6.16. The molecule has 1 heterocycles. The monoisotopic (exact) mass is 160 g/mol. The maximum absolute atomic E-state index is 10.7. The van der Waals surface area contributed by atoms with Gasteiger partial charge in [-0.05, 0) is 24.3 Å². The molecule has 0 aliphatic heterocycles. The lowest BCUT2D eigenvalue weighted by molar-refractivity contribution is 0.0699. The molecule has 0 atom stereocenters. The van der Waals surface area contributed by atoms with Gasteiger partial charge in [0.1, 0.15) is 0 Å². The van der Waals surface area contributed by atoms with Crippen LogP contribution in [0.5, 0.6) is 0 Å². The normalized spacial score (nSPS) is 10.3. The summed E-state index contributed by atoms with van der Waals surface area (Å²) in [4.78, 5) is 13.6. The molecule has 2 rings (SSSR count). The molecule has 3 nitrogen and oxygen atoms in total. The van der Waals surface area contributed by atoms with Crippen molar-refractivity contribution in [3.05, 3.63) is 36.0 Å². The Morgan fingerprint density at radius 1 is 1.50 bits per heavy atom. The third-order valence-electron chi connectivity index (χ3n) is 1.75. The number of nitrogens with one attached hydrogen (secondary N) is 1. The van der Waals surface area contributed by atoms with E-state index in [9.17, 15) is 4.79 Å². The number of carbonyl (C=O) groups is 1. The summed E-state index contributed by atoms with van der Waals surface area (Å²) in [5, 5.41) is 9.49. The second kappa shape index (κ2) is 2.37. The molecule has 3 heteroatoms. The first-order chi connectivity index (χ1) is 5.79.